The molecule has 4 aliphatic carbocycles. The smallest absolute Gasteiger partial charge is 0.306 e. The van der Waals surface area contributed by atoms with Crippen molar-refractivity contribution in [3.8, 4) is 0 Å². The monoisotopic (exact) mass is 705 g/mol. The second-order valence-corrected chi connectivity index (χ2v) is 19.3. The van der Waals surface area contributed by atoms with E-state index < -0.39 is 0 Å². The molecular formula is C48H80O3. The van der Waals surface area contributed by atoms with Gasteiger partial charge in [0.2, 0.25) is 0 Å². The number of fused-ring (bicyclic) bond motifs is 5. The highest BCUT2D eigenvalue weighted by Gasteiger charge is 2.59. The largest absolute Gasteiger partial charge is 0.466 e. The summed E-state index contributed by atoms with van der Waals surface area (Å²) >= 11 is 0. The Hall–Kier alpha value is -1.51. The summed E-state index contributed by atoms with van der Waals surface area (Å²) in [6, 6.07) is 0. The molecule has 1 aromatic rings. The molecule has 4 aliphatic rings. The van der Waals surface area contributed by atoms with Crippen molar-refractivity contribution < 1.29 is 13.9 Å². The molecule has 0 aliphatic heterocycles. The zero-order valence-corrected chi connectivity index (χ0v) is 34.8. The van der Waals surface area contributed by atoms with Crippen molar-refractivity contribution in [3.63, 3.8) is 0 Å². The number of esters is 1. The standard InChI is InChI=1S/C48H80O3/c1-9-10-22-44-36(5)37(6)45(51-44)23-17-15-13-11-12-14-16-18-24-46(49)50-39-29-31-47(7)38(33-39)25-26-40-42-28-27-41(35(4)21-19-20-34(2)3)48(42,8)32-30-43(40)47/h25,34-35,39-43H,9-24,26-33H2,1-8H3. The van der Waals surface area contributed by atoms with Gasteiger partial charge in [-0.2, -0.15) is 0 Å². The predicted octanol–water partition coefficient (Wildman–Crippen LogP) is 14.2. The van der Waals surface area contributed by atoms with E-state index >= 15 is 0 Å². The lowest BCUT2D eigenvalue weighted by Gasteiger charge is -2.58. The van der Waals surface area contributed by atoms with Crippen molar-refractivity contribution in [2.24, 2.45) is 46.3 Å². The third-order valence-electron chi connectivity index (χ3n) is 15.5. The zero-order valence-electron chi connectivity index (χ0n) is 34.8. The number of hydrogen-bond acceptors (Lipinski definition) is 3. The first-order chi connectivity index (χ1) is 24.5. The number of carbonyl (C=O) groups excluding carboxylic acids is 1. The predicted molar refractivity (Wildman–Crippen MR) is 215 cm³/mol. The van der Waals surface area contributed by atoms with Gasteiger partial charge in [-0.25, -0.2) is 0 Å². The van der Waals surface area contributed by atoms with E-state index in [-0.39, 0.29) is 12.1 Å². The number of furan rings is 1. The number of unbranched alkanes of at least 4 members (excludes halogenated alkanes) is 8. The van der Waals surface area contributed by atoms with Gasteiger partial charge in [0, 0.05) is 25.7 Å². The minimum absolute atomic E-state index is 0.0483. The number of allylic oxidation sites excluding steroid dienone is 1. The van der Waals surface area contributed by atoms with E-state index in [1.165, 1.54) is 132 Å². The summed E-state index contributed by atoms with van der Waals surface area (Å²) < 4.78 is 12.4. The van der Waals surface area contributed by atoms with Crippen LogP contribution in [0, 0.1) is 60.2 Å². The fourth-order valence-corrected chi connectivity index (χ4v) is 12.1. The molecule has 3 nitrogen and oxygen atoms in total. The number of ether oxygens (including phenoxy) is 1. The molecule has 1 heterocycles. The van der Waals surface area contributed by atoms with E-state index in [1.807, 2.05) is 0 Å². The van der Waals surface area contributed by atoms with Crippen LogP contribution in [0.1, 0.15) is 205 Å². The van der Waals surface area contributed by atoms with Crippen LogP contribution in [0.4, 0.5) is 0 Å². The van der Waals surface area contributed by atoms with Gasteiger partial charge in [-0.3, -0.25) is 4.79 Å². The minimum atomic E-state index is 0.0483. The van der Waals surface area contributed by atoms with Crippen LogP contribution in [0.25, 0.3) is 0 Å². The van der Waals surface area contributed by atoms with Crippen molar-refractivity contribution in [3.05, 3.63) is 34.3 Å². The Morgan fingerprint density at radius 1 is 0.804 bits per heavy atom. The molecule has 1 aromatic heterocycles. The van der Waals surface area contributed by atoms with E-state index in [2.05, 4.69) is 61.5 Å². The Labute approximate surface area is 315 Å². The molecule has 3 fully saturated rings. The number of hydrogen-bond donors (Lipinski definition) is 0. The molecule has 0 bridgehead atoms. The molecule has 5 rings (SSSR count). The van der Waals surface area contributed by atoms with Crippen molar-refractivity contribution in [2.45, 2.75) is 216 Å². The molecule has 3 heteroatoms. The summed E-state index contributed by atoms with van der Waals surface area (Å²) in [5.74, 6) is 7.72. The second-order valence-electron chi connectivity index (χ2n) is 19.3. The Bertz CT molecular complexity index is 1270. The van der Waals surface area contributed by atoms with Crippen LogP contribution in [-0.4, -0.2) is 12.1 Å². The second kappa shape index (κ2) is 18.7. The molecule has 290 valence electrons. The number of rotatable bonds is 20. The van der Waals surface area contributed by atoms with Gasteiger partial charge in [0.1, 0.15) is 17.6 Å². The van der Waals surface area contributed by atoms with Gasteiger partial charge in [0.25, 0.3) is 0 Å². The highest BCUT2D eigenvalue weighted by atomic mass is 16.5. The van der Waals surface area contributed by atoms with Crippen molar-refractivity contribution in [1.82, 2.24) is 0 Å². The Kier molecular flexibility index (Phi) is 14.9. The molecule has 0 aromatic carbocycles. The molecule has 0 N–H and O–H groups in total. The van der Waals surface area contributed by atoms with E-state index in [0.29, 0.717) is 17.3 Å². The van der Waals surface area contributed by atoms with E-state index in [0.717, 1.165) is 74.0 Å². The van der Waals surface area contributed by atoms with Crippen LogP contribution in [0.5, 0.6) is 0 Å². The summed E-state index contributed by atoms with van der Waals surface area (Å²) in [7, 11) is 0. The third-order valence-corrected chi connectivity index (χ3v) is 15.5. The van der Waals surface area contributed by atoms with Crippen LogP contribution in [-0.2, 0) is 22.4 Å². The topological polar surface area (TPSA) is 39.4 Å². The van der Waals surface area contributed by atoms with Gasteiger partial charge in [-0.05, 0) is 136 Å². The maximum atomic E-state index is 12.9. The molecule has 51 heavy (non-hydrogen) atoms. The van der Waals surface area contributed by atoms with Gasteiger partial charge < -0.3 is 9.15 Å². The number of aryl methyl sites for hydroxylation is 2. The summed E-state index contributed by atoms with van der Waals surface area (Å²) in [4.78, 5) is 12.9. The summed E-state index contributed by atoms with van der Waals surface area (Å²) in [5.41, 5.74) is 5.27. The SMILES string of the molecule is CCCCc1oc(CCCCCCCCCCC(=O)OC2CCC3(C)C(=CCC4C3CCC3(C)C(C(C)CCCC(C)C)CCC43)C2)c(C)c1C. The molecule has 8 atom stereocenters. The van der Waals surface area contributed by atoms with Gasteiger partial charge in [0.15, 0.2) is 0 Å². The normalized spacial score (nSPS) is 30.8. The van der Waals surface area contributed by atoms with Crippen molar-refractivity contribution >= 4 is 5.97 Å². The van der Waals surface area contributed by atoms with Gasteiger partial charge in [0.05, 0.1) is 0 Å². The zero-order chi connectivity index (χ0) is 36.6. The summed E-state index contributed by atoms with van der Waals surface area (Å²) in [5, 5.41) is 0. The fourth-order valence-electron chi connectivity index (χ4n) is 12.1. The highest BCUT2D eigenvalue weighted by Crippen LogP contribution is 2.67. The van der Waals surface area contributed by atoms with Crippen LogP contribution in [0.3, 0.4) is 0 Å². The lowest BCUT2D eigenvalue weighted by molar-refractivity contribution is -0.151. The van der Waals surface area contributed by atoms with Crippen molar-refractivity contribution in [1.29, 1.82) is 0 Å². The van der Waals surface area contributed by atoms with Crippen LogP contribution >= 0.6 is 0 Å². The Balaban J connectivity index is 0.961. The van der Waals surface area contributed by atoms with Gasteiger partial charge in [-0.1, -0.05) is 117 Å². The lowest BCUT2D eigenvalue weighted by Crippen LogP contribution is -2.51. The van der Waals surface area contributed by atoms with E-state index in [9.17, 15) is 4.79 Å². The lowest BCUT2D eigenvalue weighted by atomic mass is 9.47. The first-order valence-corrected chi connectivity index (χ1v) is 22.4. The molecule has 3 saturated carbocycles. The minimum Gasteiger partial charge on any atom is -0.466 e. The average molecular weight is 705 g/mol. The van der Waals surface area contributed by atoms with Gasteiger partial charge >= 0.3 is 5.97 Å². The maximum absolute atomic E-state index is 12.9. The Morgan fingerprint density at radius 2 is 1.47 bits per heavy atom. The third kappa shape index (κ3) is 9.79. The van der Waals surface area contributed by atoms with Crippen LogP contribution < -0.4 is 0 Å². The summed E-state index contributed by atoms with van der Waals surface area (Å²) in [6.07, 6.45) is 32.2. The molecule has 0 amide bonds. The molecule has 0 radical (unpaired) electrons. The molecule has 0 saturated heterocycles. The number of carbonyl (C=O) groups is 1. The molecule has 0 spiro atoms. The first kappa shape index (κ1) is 40.7. The van der Waals surface area contributed by atoms with Gasteiger partial charge in [-0.15, -0.1) is 0 Å². The molecule has 8 unspecified atom stereocenters. The highest BCUT2D eigenvalue weighted by molar-refractivity contribution is 5.69. The van der Waals surface area contributed by atoms with E-state index in [4.69, 9.17) is 9.15 Å². The first-order valence-electron chi connectivity index (χ1n) is 22.4. The quantitative estimate of drug-likeness (QED) is 0.0770. The average Bonchev–Trinajstić information content (AvgIpc) is 3.59. The van der Waals surface area contributed by atoms with Crippen LogP contribution in [0.2, 0.25) is 0 Å². The Morgan fingerprint density at radius 3 is 2.16 bits per heavy atom. The summed E-state index contributed by atoms with van der Waals surface area (Å²) in [6.45, 7) is 19.4. The maximum Gasteiger partial charge on any atom is 0.306 e. The molecular weight excluding hydrogens is 625 g/mol. The van der Waals surface area contributed by atoms with Crippen LogP contribution in [0.15, 0.2) is 16.1 Å². The van der Waals surface area contributed by atoms with E-state index in [1.54, 1.807) is 5.57 Å². The fraction of sp³-hybridized carbons (Fsp3) is 0.854. The van der Waals surface area contributed by atoms with Crippen molar-refractivity contribution in [2.75, 3.05) is 0 Å².